The molecule has 9 heteroatoms. The largest absolute Gasteiger partial charge is 0.477 e. The molecule has 0 unspecified atom stereocenters. The van der Waals surface area contributed by atoms with Gasteiger partial charge in [-0.3, -0.25) is 4.79 Å². The van der Waals surface area contributed by atoms with Gasteiger partial charge in [0, 0.05) is 57.1 Å². The van der Waals surface area contributed by atoms with Gasteiger partial charge < -0.3 is 25.2 Å². The van der Waals surface area contributed by atoms with Crippen LogP contribution in [-0.2, 0) is 0 Å². The number of hydrogen-bond acceptors (Lipinski definition) is 5. The molecule has 3 aromatic rings. The molecule has 2 fully saturated rings. The number of nitrogens with two attached hydrogens (primary N) is 1. The SMILES string of the molecule is CN(C)c1ccc([C@H]2CN(c3c(F)cc4c(=O)c(C(=O)O)cn(C5CC5)c4c3F)C[C@@H]2N)cc1. The van der Waals surface area contributed by atoms with Crippen molar-refractivity contribution in [3.05, 3.63) is 69.5 Å². The van der Waals surface area contributed by atoms with Crippen LogP contribution in [0.15, 0.2) is 41.3 Å². The summed E-state index contributed by atoms with van der Waals surface area (Å²) in [5.74, 6) is -3.29. The van der Waals surface area contributed by atoms with Crippen molar-refractivity contribution in [2.24, 2.45) is 5.73 Å². The van der Waals surface area contributed by atoms with Gasteiger partial charge in [0.2, 0.25) is 5.43 Å². The summed E-state index contributed by atoms with van der Waals surface area (Å²) in [6, 6.07) is 8.44. The third-order valence-electron chi connectivity index (χ3n) is 6.87. The summed E-state index contributed by atoms with van der Waals surface area (Å²) in [5, 5.41) is 9.15. The lowest BCUT2D eigenvalue weighted by molar-refractivity contribution is 0.0694. The number of benzene rings is 2. The van der Waals surface area contributed by atoms with Crippen molar-refractivity contribution in [2.45, 2.75) is 30.8 Å². The Hall–Kier alpha value is -3.46. The van der Waals surface area contributed by atoms with Gasteiger partial charge in [-0.25, -0.2) is 13.6 Å². The van der Waals surface area contributed by atoms with Gasteiger partial charge in [0.25, 0.3) is 0 Å². The highest BCUT2D eigenvalue weighted by atomic mass is 19.1. The molecule has 2 aliphatic rings. The third kappa shape index (κ3) is 3.60. The Morgan fingerprint density at radius 3 is 2.41 bits per heavy atom. The van der Waals surface area contributed by atoms with Crippen molar-refractivity contribution >= 4 is 28.2 Å². The first-order valence-electron chi connectivity index (χ1n) is 11.2. The van der Waals surface area contributed by atoms with Crippen molar-refractivity contribution < 1.29 is 18.7 Å². The first kappa shape index (κ1) is 22.3. The highest BCUT2D eigenvalue weighted by molar-refractivity contribution is 5.94. The molecule has 2 heterocycles. The molecule has 1 aromatic heterocycles. The summed E-state index contributed by atoms with van der Waals surface area (Å²) in [5.41, 5.74) is 6.76. The molecule has 178 valence electrons. The van der Waals surface area contributed by atoms with Crippen LogP contribution in [0.2, 0.25) is 0 Å². The van der Waals surface area contributed by atoms with Crippen LogP contribution < -0.4 is 21.0 Å². The van der Waals surface area contributed by atoms with E-state index in [0.717, 1.165) is 30.2 Å². The Balaban J connectivity index is 1.58. The smallest absolute Gasteiger partial charge is 0.341 e. The molecule has 7 nitrogen and oxygen atoms in total. The van der Waals surface area contributed by atoms with Crippen LogP contribution in [0.1, 0.15) is 40.7 Å². The van der Waals surface area contributed by atoms with Gasteiger partial charge in [0.05, 0.1) is 10.9 Å². The predicted molar refractivity (Wildman–Crippen MR) is 127 cm³/mol. The monoisotopic (exact) mass is 468 g/mol. The van der Waals surface area contributed by atoms with E-state index in [-0.39, 0.29) is 41.1 Å². The van der Waals surface area contributed by atoms with Crippen molar-refractivity contribution in [3.63, 3.8) is 0 Å². The number of hydrogen-bond donors (Lipinski definition) is 2. The lowest BCUT2D eigenvalue weighted by atomic mass is 9.95. The summed E-state index contributed by atoms with van der Waals surface area (Å²) in [6.07, 6.45) is 2.66. The van der Waals surface area contributed by atoms with Crippen molar-refractivity contribution in [2.75, 3.05) is 37.0 Å². The first-order chi connectivity index (χ1) is 16.2. The average Bonchev–Trinajstić information content (AvgIpc) is 3.56. The molecule has 3 N–H and O–H groups in total. The number of carboxylic acids is 1. The zero-order valence-electron chi connectivity index (χ0n) is 19.0. The van der Waals surface area contributed by atoms with Gasteiger partial charge in [0.1, 0.15) is 17.1 Å². The van der Waals surface area contributed by atoms with Crippen LogP contribution >= 0.6 is 0 Å². The number of pyridine rings is 1. The van der Waals surface area contributed by atoms with Gasteiger partial charge in [-0.1, -0.05) is 12.1 Å². The minimum absolute atomic E-state index is 0.0544. The first-order valence-corrected chi connectivity index (χ1v) is 11.2. The average molecular weight is 469 g/mol. The van der Waals surface area contributed by atoms with E-state index in [1.54, 1.807) is 4.90 Å². The second kappa shape index (κ2) is 8.09. The predicted octanol–water partition coefficient (Wildman–Crippen LogP) is 3.31. The number of fused-ring (bicyclic) bond motifs is 1. The summed E-state index contributed by atoms with van der Waals surface area (Å²) in [6.45, 7) is 0.572. The Kier molecular flexibility index (Phi) is 5.31. The van der Waals surface area contributed by atoms with Crippen LogP contribution in [0.4, 0.5) is 20.2 Å². The van der Waals surface area contributed by atoms with Gasteiger partial charge in [-0.15, -0.1) is 0 Å². The molecule has 1 aliphatic heterocycles. The number of halogens is 2. The van der Waals surface area contributed by atoms with Crippen molar-refractivity contribution in [1.82, 2.24) is 4.57 Å². The number of aromatic nitrogens is 1. The second-order valence-electron chi connectivity index (χ2n) is 9.39. The fourth-order valence-corrected chi connectivity index (χ4v) is 4.90. The summed E-state index contributed by atoms with van der Waals surface area (Å²) >= 11 is 0. The van der Waals surface area contributed by atoms with E-state index in [1.807, 2.05) is 43.3 Å². The van der Waals surface area contributed by atoms with E-state index in [0.29, 0.717) is 6.54 Å². The summed E-state index contributed by atoms with van der Waals surface area (Å²) in [7, 11) is 3.90. The molecular weight excluding hydrogens is 442 g/mol. The van der Waals surface area contributed by atoms with E-state index < -0.39 is 28.6 Å². The Bertz CT molecular complexity index is 1350. The fraction of sp³-hybridized carbons (Fsp3) is 0.360. The molecule has 0 radical (unpaired) electrons. The minimum atomic E-state index is -1.42. The highest BCUT2D eigenvalue weighted by Crippen LogP contribution is 2.41. The number of rotatable bonds is 5. The maximum absolute atomic E-state index is 15.9. The fourth-order valence-electron chi connectivity index (χ4n) is 4.90. The maximum atomic E-state index is 15.9. The van der Waals surface area contributed by atoms with Crippen LogP contribution in [-0.4, -0.2) is 48.9 Å². The van der Waals surface area contributed by atoms with E-state index in [9.17, 15) is 14.7 Å². The number of carboxylic acid groups (broad SMARTS) is 1. The standard InChI is InChI=1S/C25H26F2N4O3/c1-29(2)14-5-3-13(4-6-14)17-10-30(12-20(17)28)23-19(26)9-16-22(21(23)27)31(15-7-8-15)11-18(24(16)32)25(33)34/h3-6,9,11,15,17,20H,7-8,10,12,28H2,1-2H3,(H,33,34)/t17-,20+/m1/s1. The van der Waals surface area contributed by atoms with Crippen LogP contribution in [0.25, 0.3) is 10.9 Å². The molecule has 2 atom stereocenters. The summed E-state index contributed by atoms with van der Waals surface area (Å²) in [4.78, 5) is 27.8. The van der Waals surface area contributed by atoms with Crippen molar-refractivity contribution in [3.8, 4) is 0 Å². The van der Waals surface area contributed by atoms with E-state index in [1.165, 1.54) is 10.8 Å². The van der Waals surface area contributed by atoms with Gasteiger partial charge >= 0.3 is 5.97 Å². The Labute approximate surface area is 195 Å². The lowest BCUT2D eigenvalue weighted by Gasteiger charge is -2.22. The van der Waals surface area contributed by atoms with Crippen LogP contribution in [0, 0.1) is 11.6 Å². The van der Waals surface area contributed by atoms with Gasteiger partial charge in [-0.05, 0) is 36.6 Å². The zero-order valence-corrected chi connectivity index (χ0v) is 19.0. The van der Waals surface area contributed by atoms with E-state index in [2.05, 4.69) is 0 Å². The molecule has 2 aromatic carbocycles. The molecule has 5 rings (SSSR count). The molecule has 1 saturated carbocycles. The highest BCUT2D eigenvalue weighted by Gasteiger charge is 2.36. The maximum Gasteiger partial charge on any atom is 0.341 e. The van der Waals surface area contributed by atoms with Crippen molar-refractivity contribution in [1.29, 1.82) is 0 Å². The summed E-state index contributed by atoms with van der Waals surface area (Å²) < 4.78 is 32.7. The lowest BCUT2D eigenvalue weighted by Crippen LogP contribution is -2.29. The van der Waals surface area contributed by atoms with Gasteiger partial charge in [0.15, 0.2) is 5.82 Å². The molecule has 0 bridgehead atoms. The minimum Gasteiger partial charge on any atom is -0.477 e. The third-order valence-corrected chi connectivity index (χ3v) is 6.87. The normalized spacial score (nSPS) is 20.2. The molecular formula is C25H26F2N4O3. The molecule has 1 aliphatic carbocycles. The Morgan fingerprint density at radius 2 is 1.82 bits per heavy atom. The van der Waals surface area contributed by atoms with E-state index >= 15 is 8.78 Å². The van der Waals surface area contributed by atoms with Gasteiger partial charge in [-0.2, -0.15) is 0 Å². The number of anilines is 2. The number of carbonyl (C=O) groups is 1. The molecule has 34 heavy (non-hydrogen) atoms. The molecule has 0 spiro atoms. The topological polar surface area (TPSA) is 91.8 Å². The number of nitrogens with zero attached hydrogens (tertiary/aromatic N) is 3. The van der Waals surface area contributed by atoms with Crippen LogP contribution in [0.3, 0.4) is 0 Å². The Morgan fingerprint density at radius 1 is 1.15 bits per heavy atom. The quantitative estimate of drug-likeness (QED) is 0.597. The van der Waals surface area contributed by atoms with Crippen LogP contribution in [0.5, 0.6) is 0 Å². The molecule has 0 amide bonds. The van der Waals surface area contributed by atoms with E-state index in [4.69, 9.17) is 5.73 Å². The zero-order chi connectivity index (χ0) is 24.3. The molecule has 1 saturated heterocycles. The second-order valence-corrected chi connectivity index (χ2v) is 9.39. The number of aromatic carboxylic acids is 1.